The van der Waals surface area contributed by atoms with Gasteiger partial charge in [-0.2, -0.15) is 4.98 Å². The molecule has 22 heavy (non-hydrogen) atoms. The van der Waals surface area contributed by atoms with Crippen molar-refractivity contribution in [1.82, 2.24) is 15.3 Å². The monoisotopic (exact) mass is 302 g/mol. The summed E-state index contributed by atoms with van der Waals surface area (Å²) in [6.07, 6.45) is -0.884. The highest BCUT2D eigenvalue weighted by atomic mass is 16.5. The van der Waals surface area contributed by atoms with Crippen molar-refractivity contribution in [2.45, 2.75) is 26.1 Å². The van der Waals surface area contributed by atoms with Crippen LogP contribution in [0.25, 0.3) is 10.9 Å². The minimum atomic E-state index is -0.559. The van der Waals surface area contributed by atoms with E-state index in [0.717, 1.165) is 37.1 Å². The summed E-state index contributed by atoms with van der Waals surface area (Å²) in [4.78, 5) is 11.4. The van der Waals surface area contributed by atoms with Gasteiger partial charge in [-0.3, -0.25) is 0 Å². The van der Waals surface area contributed by atoms with Crippen LogP contribution in [0.15, 0.2) is 24.3 Å². The molecule has 1 saturated heterocycles. The van der Waals surface area contributed by atoms with E-state index < -0.39 is 6.10 Å². The van der Waals surface area contributed by atoms with Crippen molar-refractivity contribution in [1.29, 1.82) is 0 Å². The summed E-state index contributed by atoms with van der Waals surface area (Å²) in [6, 6.07) is 7.80. The summed E-state index contributed by atoms with van der Waals surface area (Å²) in [6.45, 7) is 7.16. The number of aromatic nitrogens is 2. The third-order valence-corrected chi connectivity index (χ3v) is 3.93. The Labute approximate surface area is 130 Å². The van der Waals surface area contributed by atoms with Gasteiger partial charge in [-0.1, -0.05) is 12.1 Å². The number of fused-ring (bicyclic) bond motifs is 1. The first kappa shape index (κ1) is 15.0. The van der Waals surface area contributed by atoms with Crippen LogP contribution in [-0.2, 0) is 0 Å². The van der Waals surface area contributed by atoms with Gasteiger partial charge in [0, 0.05) is 26.2 Å². The van der Waals surface area contributed by atoms with Gasteiger partial charge in [0.25, 0.3) is 0 Å². The molecule has 2 heterocycles. The molecule has 0 spiro atoms. The fourth-order valence-electron chi connectivity index (χ4n) is 2.41. The molecular formula is C16H22N4O2. The van der Waals surface area contributed by atoms with Gasteiger partial charge in [0.15, 0.2) is 0 Å². The molecule has 0 saturated carbocycles. The van der Waals surface area contributed by atoms with Crippen molar-refractivity contribution in [3.05, 3.63) is 24.3 Å². The zero-order valence-electron chi connectivity index (χ0n) is 13.0. The van der Waals surface area contributed by atoms with Crippen LogP contribution in [0.3, 0.4) is 0 Å². The van der Waals surface area contributed by atoms with E-state index in [1.54, 1.807) is 6.92 Å². The van der Waals surface area contributed by atoms with E-state index in [9.17, 15) is 5.11 Å². The van der Waals surface area contributed by atoms with Gasteiger partial charge < -0.3 is 20.1 Å². The highest BCUT2D eigenvalue weighted by Gasteiger charge is 2.19. The van der Waals surface area contributed by atoms with E-state index in [2.05, 4.69) is 20.2 Å². The summed E-state index contributed by atoms with van der Waals surface area (Å²) in [5.41, 5.74) is 0.860. The lowest BCUT2D eigenvalue weighted by Gasteiger charge is -2.28. The maximum Gasteiger partial charge on any atom is 0.229 e. The number of hydrogen-bond donors (Lipinski definition) is 2. The van der Waals surface area contributed by atoms with E-state index in [4.69, 9.17) is 4.74 Å². The van der Waals surface area contributed by atoms with Crippen molar-refractivity contribution in [2.75, 3.05) is 31.1 Å². The normalized spacial score (nSPS) is 18.2. The molecule has 6 heteroatoms. The predicted molar refractivity (Wildman–Crippen MR) is 86.4 cm³/mol. The van der Waals surface area contributed by atoms with Gasteiger partial charge in [0.05, 0.1) is 17.0 Å². The third-order valence-electron chi connectivity index (χ3n) is 3.93. The lowest BCUT2D eigenvalue weighted by molar-refractivity contribution is 0.0585. The summed E-state index contributed by atoms with van der Waals surface area (Å²) in [5, 5.41) is 13.9. The molecule has 0 aliphatic carbocycles. The molecule has 2 N–H and O–H groups in total. The minimum Gasteiger partial charge on any atom is -0.471 e. The predicted octanol–water partition coefficient (Wildman–Crippen LogP) is 1.19. The van der Waals surface area contributed by atoms with E-state index >= 15 is 0 Å². The first-order valence-corrected chi connectivity index (χ1v) is 7.72. The number of piperazine rings is 1. The molecule has 6 nitrogen and oxygen atoms in total. The summed E-state index contributed by atoms with van der Waals surface area (Å²) in [7, 11) is 0. The molecule has 1 aromatic heterocycles. The first-order valence-electron chi connectivity index (χ1n) is 7.72. The zero-order valence-corrected chi connectivity index (χ0v) is 13.0. The van der Waals surface area contributed by atoms with E-state index in [1.165, 1.54) is 0 Å². The smallest absolute Gasteiger partial charge is 0.229 e. The molecular weight excluding hydrogens is 280 g/mol. The molecule has 0 unspecified atom stereocenters. The Bertz CT molecular complexity index is 641. The number of nitrogens with zero attached hydrogens (tertiary/aromatic N) is 3. The number of benzene rings is 1. The molecule has 118 valence electrons. The molecule has 1 aliphatic heterocycles. The second-order valence-electron chi connectivity index (χ2n) is 5.65. The van der Waals surface area contributed by atoms with Crippen LogP contribution in [-0.4, -0.2) is 53.5 Å². The van der Waals surface area contributed by atoms with Crippen molar-refractivity contribution in [3.63, 3.8) is 0 Å². The minimum absolute atomic E-state index is 0.325. The maximum absolute atomic E-state index is 9.69. The lowest BCUT2D eigenvalue weighted by atomic mass is 10.2. The number of hydrogen-bond acceptors (Lipinski definition) is 6. The molecule has 2 aromatic rings. The first-order chi connectivity index (χ1) is 10.6. The highest BCUT2D eigenvalue weighted by molar-refractivity contribution is 5.84. The molecule has 3 rings (SSSR count). The Morgan fingerprint density at radius 1 is 1.18 bits per heavy atom. The average molecular weight is 302 g/mol. The van der Waals surface area contributed by atoms with E-state index in [0.29, 0.717) is 11.8 Å². The van der Waals surface area contributed by atoms with Crippen molar-refractivity contribution in [2.24, 2.45) is 0 Å². The van der Waals surface area contributed by atoms with Gasteiger partial charge in [0.1, 0.15) is 6.10 Å². The van der Waals surface area contributed by atoms with Gasteiger partial charge >= 0.3 is 0 Å². The number of aliphatic hydroxyl groups excluding tert-OH is 1. The number of aliphatic hydroxyl groups is 1. The fraction of sp³-hybridized carbons (Fsp3) is 0.500. The second-order valence-corrected chi connectivity index (χ2v) is 5.65. The molecule has 0 amide bonds. The van der Waals surface area contributed by atoms with Crippen LogP contribution in [0, 0.1) is 0 Å². The average Bonchev–Trinajstić information content (AvgIpc) is 2.55. The largest absolute Gasteiger partial charge is 0.471 e. The molecule has 1 aliphatic rings. The van der Waals surface area contributed by atoms with Gasteiger partial charge in [-0.15, -0.1) is 0 Å². The fourth-order valence-corrected chi connectivity index (χ4v) is 2.41. The topological polar surface area (TPSA) is 70.5 Å². The van der Waals surface area contributed by atoms with Crippen LogP contribution in [0.1, 0.15) is 13.8 Å². The Kier molecular flexibility index (Phi) is 4.40. The van der Waals surface area contributed by atoms with Crippen LogP contribution >= 0.6 is 0 Å². The molecule has 1 fully saturated rings. The number of ether oxygens (including phenoxy) is 1. The second kappa shape index (κ2) is 6.46. The Hall–Kier alpha value is -1.92. The highest BCUT2D eigenvalue weighted by Crippen LogP contribution is 2.26. The van der Waals surface area contributed by atoms with Gasteiger partial charge in [-0.25, -0.2) is 4.98 Å². The molecule has 0 radical (unpaired) electrons. The quantitative estimate of drug-likeness (QED) is 0.884. The zero-order chi connectivity index (χ0) is 15.5. The van der Waals surface area contributed by atoms with Crippen LogP contribution in [0.4, 0.5) is 5.95 Å². The molecule has 0 bridgehead atoms. The van der Waals surface area contributed by atoms with Gasteiger partial charge in [0.2, 0.25) is 11.8 Å². The van der Waals surface area contributed by atoms with Crippen molar-refractivity contribution in [3.8, 4) is 5.88 Å². The molecule has 2 atom stereocenters. The number of anilines is 1. The van der Waals surface area contributed by atoms with Crippen molar-refractivity contribution >= 4 is 16.9 Å². The Morgan fingerprint density at radius 2 is 1.91 bits per heavy atom. The maximum atomic E-state index is 9.69. The lowest BCUT2D eigenvalue weighted by Crippen LogP contribution is -2.44. The number of rotatable bonds is 4. The van der Waals surface area contributed by atoms with E-state index in [-0.39, 0.29) is 6.10 Å². The van der Waals surface area contributed by atoms with Gasteiger partial charge in [-0.05, 0) is 26.0 Å². The Morgan fingerprint density at radius 3 is 2.64 bits per heavy atom. The summed E-state index contributed by atoms with van der Waals surface area (Å²) >= 11 is 0. The van der Waals surface area contributed by atoms with Crippen LogP contribution in [0.5, 0.6) is 5.88 Å². The van der Waals surface area contributed by atoms with Crippen molar-refractivity contribution < 1.29 is 9.84 Å². The summed E-state index contributed by atoms with van der Waals surface area (Å²) < 4.78 is 5.88. The number of para-hydroxylation sites is 1. The standard InChI is InChI=1S/C16H22N4O2/c1-11(21)12(2)22-15-13-5-3-4-6-14(13)18-16(19-15)20-9-7-17-8-10-20/h3-6,11-12,17,21H,7-10H2,1-2H3/t11-,12-/m0/s1. The van der Waals surface area contributed by atoms with E-state index in [1.807, 2.05) is 31.2 Å². The van der Waals surface area contributed by atoms with Crippen LogP contribution in [0.2, 0.25) is 0 Å². The third kappa shape index (κ3) is 3.13. The summed E-state index contributed by atoms with van der Waals surface area (Å²) in [5.74, 6) is 1.22. The number of nitrogens with one attached hydrogen (secondary N) is 1. The van der Waals surface area contributed by atoms with Crippen LogP contribution < -0.4 is 15.0 Å². The molecule has 1 aromatic carbocycles. The SMILES string of the molecule is C[C@H](O)[C@H](C)Oc1nc(N2CCNCC2)nc2ccccc12. The Balaban J connectivity index is 2.00.